The molecular formula is C18H17F2NO4. The molecule has 0 aliphatic heterocycles. The van der Waals surface area contributed by atoms with E-state index in [-0.39, 0.29) is 23.7 Å². The average Bonchev–Trinajstić information content (AvgIpc) is 2.61. The third-order valence-corrected chi connectivity index (χ3v) is 3.40. The maximum absolute atomic E-state index is 13.5. The summed E-state index contributed by atoms with van der Waals surface area (Å²) in [7, 11) is 1.31. The van der Waals surface area contributed by atoms with Gasteiger partial charge in [-0.1, -0.05) is 18.2 Å². The molecule has 0 bridgehead atoms. The zero-order valence-corrected chi connectivity index (χ0v) is 13.6. The number of halogens is 2. The number of hydrogen-bond acceptors (Lipinski definition) is 4. The largest absolute Gasteiger partial charge is 0.494 e. The Balaban J connectivity index is 1.77. The van der Waals surface area contributed by atoms with Crippen molar-refractivity contribution in [2.24, 2.45) is 0 Å². The minimum absolute atomic E-state index is 0.00226. The Hall–Kier alpha value is -2.96. The molecule has 0 saturated carbocycles. The van der Waals surface area contributed by atoms with E-state index in [0.717, 1.165) is 6.07 Å². The summed E-state index contributed by atoms with van der Waals surface area (Å²) in [5.41, 5.74) is 0.450. The first-order valence-corrected chi connectivity index (χ1v) is 7.52. The van der Waals surface area contributed by atoms with Crippen LogP contribution in [-0.2, 0) is 16.0 Å². The molecule has 0 unspecified atom stereocenters. The van der Waals surface area contributed by atoms with Crippen molar-refractivity contribution in [3.05, 3.63) is 65.2 Å². The lowest BCUT2D eigenvalue weighted by molar-refractivity contribution is -0.124. The quantitative estimate of drug-likeness (QED) is 0.780. The molecule has 0 aliphatic rings. The standard InChI is InChI=1S/C18H17F2NO4/c1-24-16-7-6-13(10-15(16)20)18(23)25-11-17(22)21-9-8-12-4-2-3-5-14(12)19/h2-7,10H,8-9,11H2,1H3,(H,21,22). The Morgan fingerprint density at radius 3 is 2.52 bits per heavy atom. The van der Waals surface area contributed by atoms with Crippen LogP contribution in [0.2, 0.25) is 0 Å². The summed E-state index contributed by atoms with van der Waals surface area (Å²) in [6.07, 6.45) is 0.316. The van der Waals surface area contributed by atoms with Crippen molar-refractivity contribution < 1.29 is 27.8 Å². The van der Waals surface area contributed by atoms with Crippen LogP contribution >= 0.6 is 0 Å². The number of nitrogens with one attached hydrogen (secondary N) is 1. The fourth-order valence-electron chi connectivity index (χ4n) is 2.10. The Morgan fingerprint density at radius 2 is 1.84 bits per heavy atom. The van der Waals surface area contributed by atoms with Crippen LogP contribution < -0.4 is 10.1 Å². The van der Waals surface area contributed by atoms with Gasteiger partial charge in [-0.15, -0.1) is 0 Å². The number of ether oxygens (including phenoxy) is 2. The summed E-state index contributed by atoms with van der Waals surface area (Å²) < 4.78 is 36.5. The highest BCUT2D eigenvalue weighted by Crippen LogP contribution is 2.18. The minimum Gasteiger partial charge on any atom is -0.494 e. The molecule has 0 aliphatic carbocycles. The lowest BCUT2D eigenvalue weighted by Gasteiger charge is -2.08. The number of rotatable bonds is 7. The molecule has 5 nitrogen and oxygen atoms in total. The molecule has 0 fully saturated rings. The first kappa shape index (κ1) is 18.4. The molecule has 0 spiro atoms. The molecule has 2 aromatic rings. The van der Waals surface area contributed by atoms with Gasteiger partial charge in [-0.25, -0.2) is 13.6 Å². The fraction of sp³-hybridized carbons (Fsp3) is 0.222. The van der Waals surface area contributed by atoms with Crippen LogP contribution in [0.3, 0.4) is 0 Å². The number of esters is 1. The van der Waals surface area contributed by atoms with Crippen molar-refractivity contribution in [1.82, 2.24) is 5.32 Å². The second-order valence-corrected chi connectivity index (χ2v) is 5.12. The van der Waals surface area contributed by atoms with Crippen LogP contribution in [0.1, 0.15) is 15.9 Å². The van der Waals surface area contributed by atoms with E-state index in [1.54, 1.807) is 18.2 Å². The Labute approximate surface area is 143 Å². The molecule has 1 N–H and O–H groups in total. The van der Waals surface area contributed by atoms with Gasteiger partial charge in [0.15, 0.2) is 18.2 Å². The van der Waals surface area contributed by atoms with Crippen molar-refractivity contribution in [2.75, 3.05) is 20.3 Å². The maximum Gasteiger partial charge on any atom is 0.338 e. The molecule has 2 aromatic carbocycles. The second-order valence-electron chi connectivity index (χ2n) is 5.12. The number of amides is 1. The molecule has 2 rings (SSSR count). The number of carbonyl (C=O) groups is 2. The van der Waals surface area contributed by atoms with Gasteiger partial charge >= 0.3 is 5.97 Å². The number of benzene rings is 2. The smallest absolute Gasteiger partial charge is 0.338 e. The maximum atomic E-state index is 13.5. The number of carbonyl (C=O) groups excluding carboxylic acids is 2. The molecule has 132 valence electrons. The van der Waals surface area contributed by atoms with Crippen molar-refractivity contribution in [3.8, 4) is 5.75 Å². The predicted molar refractivity (Wildman–Crippen MR) is 86.3 cm³/mol. The van der Waals surface area contributed by atoms with Crippen LogP contribution in [0.5, 0.6) is 5.75 Å². The van der Waals surface area contributed by atoms with Crippen LogP contribution in [-0.4, -0.2) is 32.1 Å². The summed E-state index contributed by atoms with van der Waals surface area (Å²) in [5.74, 6) is -2.40. The van der Waals surface area contributed by atoms with Gasteiger partial charge in [0.2, 0.25) is 0 Å². The summed E-state index contributed by atoms with van der Waals surface area (Å²) >= 11 is 0. The predicted octanol–water partition coefficient (Wildman–Crippen LogP) is 2.49. The van der Waals surface area contributed by atoms with Crippen molar-refractivity contribution in [1.29, 1.82) is 0 Å². The summed E-state index contributed by atoms with van der Waals surface area (Å²) in [6.45, 7) is -0.307. The summed E-state index contributed by atoms with van der Waals surface area (Å²) in [4.78, 5) is 23.4. The van der Waals surface area contributed by atoms with Gasteiger partial charge in [0.05, 0.1) is 12.7 Å². The number of methoxy groups -OCH3 is 1. The highest BCUT2D eigenvalue weighted by Gasteiger charge is 2.13. The second kappa shape index (κ2) is 8.77. The van der Waals surface area contributed by atoms with E-state index in [1.807, 2.05) is 0 Å². The van der Waals surface area contributed by atoms with Crippen LogP contribution in [0, 0.1) is 11.6 Å². The Kier molecular flexibility index (Phi) is 6.45. The molecule has 0 atom stereocenters. The van der Waals surface area contributed by atoms with E-state index in [1.165, 1.54) is 25.3 Å². The van der Waals surface area contributed by atoms with Crippen molar-refractivity contribution in [3.63, 3.8) is 0 Å². The molecule has 25 heavy (non-hydrogen) atoms. The molecule has 0 aromatic heterocycles. The van der Waals surface area contributed by atoms with Gasteiger partial charge in [0.25, 0.3) is 5.91 Å². The third kappa shape index (κ3) is 5.27. The Bertz CT molecular complexity index is 764. The highest BCUT2D eigenvalue weighted by atomic mass is 19.1. The Morgan fingerprint density at radius 1 is 1.08 bits per heavy atom. The molecular weight excluding hydrogens is 332 g/mol. The lowest BCUT2D eigenvalue weighted by atomic mass is 10.1. The highest BCUT2D eigenvalue weighted by molar-refractivity contribution is 5.91. The SMILES string of the molecule is COc1ccc(C(=O)OCC(=O)NCCc2ccccc2F)cc1F. The molecule has 0 radical (unpaired) electrons. The van der Waals surface area contributed by atoms with Gasteiger partial charge in [-0.3, -0.25) is 4.79 Å². The van der Waals surface area contributed by atoms with Crippen LogP contribution in [0.15, 0.2) is 42.5 Å². The van der Waals surface area contributed by atoms with Gasteiger partial charge in [0.1, 0.15) is 5.82 Å². The number of hydrogen-bond donors (Lipinski definition) is 1. The van der Waals surface area contributed by atoms with Crippen molar-refractivity contribution >= 4 is 11.9 Å². The molecule has 0 saturated heterocycles. The van der Waals surface area contributed by atoms with Crippen molar-refractivity contribution in [2.45, 2.75) is 6.42 Å². The normalized spacial score (nSPS) is 10.2. The molecule has 1 amide bonds. The third-order valence-electron chi connectivity index (χ3n) is 3.40. The average molecular weight is 349 g/mol. The van der Waals surface area contributed by atoms with Gasteiger partial charge < -0.3 is 14.8 Å². The van der Waals surface area contributed by atoms with E-state index in [4.69, 9.17) is 9.47 Å². The first-order chi connectivity index (χ1) is 12.0. The summed E-state index contributed by atoms with van der Waals surface area (Å²) in [5, 5.41) is 2.52. The van der Waals surface area contributed by atoms with Crippen LogP contribution in [0.4, 0.5) is 8.78 Å². The molecule has 0 heterocycles. The zero-order chi connectivity index (χ0) is 18.2. The zero-order valence-electron chi connectivity index (χ0n) is 13.6. The topological polar surface area (TPSA) is 64.6 Å². The van der Waals surface area contributed by atoms with E-state index >= 15 is 0 Å². The van der Waals surface area contributed by atoms with E-state index in [0.29, 0.717) is 12.0 Å². The van der Waals surface area contributed by atoms with Gasteiger partial charge in [0, 0.05) is 6.54 Å². The van der Waals surface area contributed by atoms with Gasteiger partial charge in [-0.2, -0.15) is 0 Å². The van der Waals surface area contributed by atoms with Gasteiger partial charge in [-0.05, 0) is 36.2 Å². The van der Waals surface area contributed by atoms with E-state index < -0.39 is 24.3 Å². The molecule has 7 heteroatoms. The first-order valence-electron chi connectivity index (χ1n) is 7.52. The van der Waals surface area contributed by atoms with Crippen LogP contribution in [0.25, 0.3) is 0 Å². The monoisotopic (exact) mass is 349 g/mol. The van der Waals surface area contributed by atoms with E-state index in [9.17, 15) is 18.4 Å². The minimum atomic E-state index is -0.828. The fourth-order valence-corrected chi connectivity index (χ4v) is 2.10. The lowest BCUT2D eigenvalue weighted by Crippen LogP contribution is -2.30. The van der Waals surface area contributed by atoms with E-state index in [2.05, 4.69) is 5.32 Å². The summed E-state index contributed by atoms with van der Waals surface area (Å²) in [6, 6.07) is 9.85.